The zero-order valence-electron chi connectivity index (χ0n) is 11.2. The number of fused-ring (bicyclic) bond motifs is 1. The number of imidazole rings is 1. The molecule has 0 aliphatic rings. The van der Waals surface area contributed by atoms with Gasteiger partial charge in [0, 0.05) is 11.2 Å². The Balaban J connectivity index is 1.92. The highest BCUT2D eigenvalue weighted by Crippen LogP contribution is 2.34. The van der Waals surface area contributed by atoms with Gasteiger partial charge in [-0.05, 0) is 31.2 Å². The highest BCUT2D eigenvalue weighted by atomic mass is 35.5. The number of hydrogen-bond acceptors (Lipinski definition) is 2. The van der Waals surface area contributed by atoms with Gasteiger partial charge in [-0.1, -0.05) is 40.9 Å². The Morgan fingerprint density at radius 2 is 1.86 bits per heavy atom. The van der Waals surface area contributed by atoms with Gasteiger partial charge in [-0.3, -0.25) is 0 Å². The lowest BCUT2D eigenvalue weighted by Crippen LogP contribution is -2.05. The third-order valence-corrected chi connectivity index (χ3v) is 4.08. The molecule has 0 saturated carbocycles. The summed E-state index contributed by atoms with van der Waals surface area (Å²) >= 11 is 18.3. The molecule has 1 N–H and O–H groups in total. The number of nitrogens with one attached hydrogen (secondary N) is 1. The number of anilines is 1. The highest BCUT2D eigenvalue weighted by Gasteiger charge is 2.11. The maximum atomic E-state index is 6.18. The Morgan fingerprint density at radius 1 is 1.14 bits per heavy atom. The number of pyridine rings is 1. The largest absolute Gasteiger partial charge is 0.377 e. The molecule has 0 aliphatic heterocycles. The number of aryl methyl sites for hydroxylation is 1. The zero-order chi connectivity index (χ0) is 15.0. The number of aromatic nitrogens is 2. The van der Waals surface area contributed by atoms with Crippen molar-refractivity contribution < 1.29 is 0 Å². The normalized spacial score (nSPS) is 11.0. The molecule has 2 aromatic heterocycles. The van der Waals surface area contributed by atoms with Gasteiger partial charge in [0.2, 0.25) is 0 Å². The molecule has 0 unspecified atom stereocenters. The van der Waals surface area contributed by atoms with Crippen molar-refractivity contribution in [1.29, 1.82) is 0 Å². The van der Waals surface area contributed by atoms with Gasteiger partial charge in [0.25, 0.3) is 0 Å². The van der Waals surface area contributed by atoms with Crippen molar-refractivity contribution >= 4 is 46.1 Å². The second-order valence-corrected chi connectivity index (χ2v) is 5.92. The molecular formula is C15H12Cl3N3. The minimum absolute atomic E-state index is 0.499. The van der Waals surface area contributed by atoms with E-state index in [9.17, 15) is 0 Å². The van der Waals surface area contributed by atoms with E-state index in [4.69, 9.17) is 34.8 Å². The van der Waals surface area contributed by atoms with Crippen LogP contribution in [0.25, 0.3) is 5.65 Å². The summed E-state index contributed by atoms with van der Waals surface area (Å²) in [6.45, 7) is 2.55. The van der Waals surface area contributed by atoms with E-state index in [0.717, 1.165) is 17.0 Å². The maximum absolute atomic E-state index is 6.18. The van der Waals surface area contributed by atoms with Gasteiger partial charge in [0.05, 0.1) is 33.7 Å². The van der Waals surface area contributed by atoms with Crippen molar-refractivity contribution in [2.45, 2.75) is 13.5 Å². The van der Waals surface area contributed by atoms with Crippen molar-refractivity contribution in [3.05, 3.63) is 63.0 Å². The molecule has 0 spiro atoms. The van der Waals surface area contributed by atoms with Gasteiger partial charge in [-0.25, -0.2) is 4.98 Å². The topological polar surface area (TPSA) is 29.3 Å². The fraction of sp³-hybridized carbons (Fsp3) is 0.133. The van der Waals surface area contributed by atoms with Crippen LogP contribution in [0.5, 0.6) is 0 Å². The van der Waals surface area contributed by atoms with E-state index >= 15 is 0 Å². The third-order valence-electron chi connectivity index (χ3n) is 3.27. The molecule has 3 nitrogen and oxygen atoms in total. The van der Waals surface area contributed by atoms with Crippen LogP contribution < -0.4 is 5.32 Å². The average molecular weight is 341 g/mol. The predicted octanol–water partition coefficient (Wildman–Crippen LogP) is 5.22. The molecule has 108 valence electrons. The van der Waals surface area contributed by atoms with Crippen LogP contribution in [0.2, 0.25) is 15.1 Å². The van der Waals surface area contributed by atoms with Gasteiger partial charge in [-0.2, -0.15) is 0 Å². The predicted molar refractivity (Wildman–Crippen MR) is 88.7 cm³/mol. The van der Waals surface area contributed by atoms with Crippen molar-refractivity contribution in [1.82, 2.24) is 9.38 Å². The summed E-state index contributed by atoms with van der Waals surface area (Å²) in [5.74, 6) is 0. The smallest absolute Gasteiger partial charge is 0.137 e. The van der Waals surface area contributed by atoms with Crippen LogP contribution in [0.3, 0.4) is 0 Å². The van der Waals surface area contributed by atoms with Crippen LogP contribution in [-0.2, 0) is 6.54 Å². The maximum Gasteiger partial charge on any atom is 0.137 e. The molecule has 0 atom stereocenters. The lowest BCUT2D eigenvalue weighted by molar-refractivity contribution is 0.987. The van der Waals surface area contributed by atoms with Gasteiger partial charge in [0.1, 0.15) is 5.65 Å². The van der Waals surface area contributed by atoms with Crippen LogP contribution in [0, 0.1) is 6.92 Å². The third kappa shape index (κ3) is 2.82. The van der Waals surface area contributed by atoms with E-state index < -0.39 is 0 Å². The molecule has 0 saturated heterocycles. The summed E-state index contributed by atoms with van der Waals surface area (Å²) in [6, 6.07) is 9.24. The molecule has 1 aromatic carbocycles. The summed E-state index contributed by atoms with van der Waals surface area (Å²) in [6.07, 6.45) is 1.98. The van der Waals surface area contributed by atoms with E-state index in [0.29, 0.717) is 27.3 Å². The van der Waals surface area contributed by atoms with Crippen molar-refractivity contribution in [3.8, 4) is 0 Å². The van der Waals surface area contributed by atoms with Crippen molar-refractivity contribution in [2.75, 3.05) is 5.32 Å². The molecular weight excluding hydrogens is 329 g/mol. The molecule has 0 radical (unpaired) electrons. The van der Waals surface area contributed by atoms with Crippen LogP contribution in [0.15, 0.2) is 36.5 Å². The summed E-state index contributed by atoms with van der Waals surface area (Å²) in [5.41, 5.74) is 3.62. The lowest BCUT2D eigenvalue weighted by atomic mass is 10.3. The van der Waals surface area contributed by atoms with Gasteiger partial charge < -0.3 is 9.72 Å². The second-order valence-electron chi connectivity index (χ2n) is 4.67. The van der Waals surface area contributed by atoms with Gasteiger partial charge in [-0.15, -0.1) is 0 Å². The monoisotopic (exact) mass is 339 g/mol. The average Bonchev–Trinajstić information content (AvgIpc) is 2.73. The first kappa shape index (κ1) is 14.5. The Morgan fingerprint density at radius 3 is 2.57 bits per heavy atom. The van der Waals surface area contributed by atoms with Crippen LogP contribution >= 0.6 is 34.8 Å². The van der Waals surface area contributed by atoms with E-state index in [1.165, 1.54) is 0 Å². The fourth-order valence-corrected chi connectivity index (χ4v) is 3.21. The van der Waals surface area contributed by atoms with Crippen molar-refractivity contribution in [2.24, 2.45) is 0 Å². The molecule has 0 amide bonds. The van der Waals surface area contributed by atoms with E-state index in [-0.39, 0.29) is 0 Å². The van der Waals surface area contributed by atoms with Gasteiger partial charge >= 0.3 is 0 Å². The Kier molecular flexibility index (Phi) is 3.98. The van der Waals surface area contributed by atoms with E-state index in [2.05, 4.69) is 10.3 Å². The molecule has 0 bridgehead atoms. The lowest BCUT2D eigenvalue weighted by Gasteiger charge is -2.11. The second kappa shape index (κ2) is 5.76. The first-order valence-corrected chi connectivity index (χ1v) is 7.50. The zero-order valence-corrected chi connectivity index (χ0v) is 13.5. The Labute approximate surface area is 137 Å². The summed E-state index contributed by atoms with van der Waals surface area (Å²) < 4.78 is 2.04. The summed E-state index contributed by atoms with van der Waals surface area (Å²) in [5, 5.41) is 4.77. The highest BCUT2D eigenvalue weighted by molar-refractivity contribution is 6.41. The minimum atomic E-state index is 0.499. The molecule has 3 rings (SSSR count). The fourth-order valence-electron chi connectivity index (χ4n) is 2.26. The summed E-state index contributed by atoms with van der Waals surface area (Å²) in [4.78, 5) is 4.52. The molecule has 3 aromatic rings. The van der Waals surface area contributed by atoms with Crippen LogP contribution in [0.4, 0.5) is 5.69 Å². The summed E-state index contributed by atoms with van der Waals surface area (Å²) in [7, 11) is 0. The van der Waals surface area contributed by atoms with E-state index in [1.54, 1.807) is 12.1 Å². The Hall–Kier alpha value is -1.42. The first-order valence-electron chi connectivity index (χ1n) is 6.37. The quantitative estimate of drug-likeness (QED) is 0.708. The molecule has 6 heteroatoms. The molecule has 0 aliphatic carbocycles. The van der Waals surface area contributed by atoms with Gasteiger partial charge in [0.15, 0.2) is 0 Å². The standard InChI is InChI=1S/C15H12Cl3N3/c1-9-13(21-5-3-2-4-14(21)20-9)8-19-15-11(17)6-10(16)7-12(15)18/h2-7,19H,8H2,1H3. The molecule has 2 heterocycles. The van der Waals surface area contributed by atoms with Crippen LogP contribution in [-0.4, -0.2) is 9.38 Å². The molecule has 21 heavy (non-hydrogen) atoms. The SMILES string of the molecule is Cc1nc2ccccn2c1CNc1c(Cl)cc(Cl)cc1Cl. The first-order chi connectivity index (χ1) is 10.1. The van der Waals surface area contributed by atoms with E-state index in [1.807, 2.05) is 35.7 Å². The number of rotatable bonds is 3. The number of hydrogen-bond donors (Lipinski definition) is 1. The number of nitrogens with zero attached hydrogens (tertiary/aromatic N) is 2. The number of benzene rings is 1. The van der Waals surface area contributed by atoms with Crippen LogP contribution in [0.1, 0.15) is 11.4 Å². The molecule has 0 fully saturated rings. The number of halogens is 3. The Bertz CT molecular complexity index is 788. The minimum Gasteiger partial charge on any atom is -0.377 e. The van der Waals surface area contributed by atoms with Crippen molar-refractivity contribution in [3.63, 3.8) is 0 Å².